The van der Waals surface area contributed by atoms with Gasteiger partial charge in [-0.3, -0.25) is 14.5 Å². The van der Waals surface area contributed by atoms with Crippen LogP contribution in [0.4, 0.5) is 4.79 Å². The van der Waals surface area contributed by atoms with Gasteiger partial charge in [0.15, 0.2) is 0 Å². The van der Waals surface area contributed by atoms with Gasteiger partial charge in [-0.05, 0) is 42.9 Å². The van der Waals surface area contributed by atoms with Gasteiger partial charge in [-0.15, -0.1) is 6.42 Å². The number of amides is 4. The summed E-state index contributed by atoms with van der Waals surface area (Å²) in [7, 11) is 0. The number of aryl methyl sites for hydroxylation is 2. The highest BCUT2D eigenvalue weighted by Gasteiger charge is 2.49. The number of hydrogen-bond donors (Lipinski definition) is 2. The Balaban J connectivity index is 1.82. The van der Waals surface area contributed by atoms with Crippen LogP contribution in [0.25, 0.3) is 0 Å². The molecule has 1 aromatic carbocycles. The van der Waals surface area contributed by atoms with Crippen LogP contribution in [-0.2, 0) is 28.0 Å². The van der Waals surface area contributed by atoms with Crippen LogP contribution >= 0.6 is 0 Å². The molecule has 6 nitrogen and oxygen atoms in total. The zero-order valence-corrected chi connectivity index (χ0v) is 13.5. The third kappa shape index (κ3) is 2.62. The lowest BCUT2D eigenvalue weighted by Crippen LogP contribution is -2.43. The van der Waals surface area contributed by atoms with Gasteiger partial charge in [0.25, 0.3) is 5.91 Å². The zero-order valence-electron chi connectivity index (χ0n) is 13.5. The van der Waals surface area contributed by atoms with Gasteiger partial charge in [-0.1, -0.05) is 24.1 Å². The van der Waals surface area contributed by atoms with Crippen molar-refractivity contribution in [2.24, 2.45) is 0 Å². The van der Waals surface area contributed by atoms with E-state index < -0.39 is 23.4 Å². The summed E-state index contributed by atoms with van der Waals surface area (Å²) in [6.07, 6.45) is 8.22. The Morgan fingerprint density at radius 2 is 2.12 bits per heavy atom. The first-order chi connectivity index (χ1) is 11.5. The molecule has 4 amide bonds. The second-order valence-corrected chi connectivity index (χ2v) is 6.26. The van der Waals surface area contributed by atoms with Crippen molar-refractivity contribution in [1.29, 1.82) is 0 Å². The van der Waals surface area contributed by atoms with Crippen LogP contribution in [0.2, 0.25) is 0 Å². The summed E-state index contributed by atoms with van der Waals surface area (Å²) in [5.74, 6) is 1.38. The molecule has 3 rings (SSSR count). The van der Waals surface area contributed by atoms with E-state index in [9.17, 15) is 14.4 Å². The van der Waals surface area contributed by atoms with E-state index in [-0.39, 0.29) is 13.1 Å². The molecule has 1 atom stereocenters. The largest absolute Gasteiger partial charge is 0.344 e. The van der Waals surface area contributed by atoms with Crippen LogP contribution in [-0.4, -0.2) is 35.8 Å². The molecule has 0 unspecified atom stereocenters. The first-order valence-electron chi connectivity index (χ1n) is 7.92. The quantitative estimate of drug-likeness (QED) is 0.631. The van der Waals surface area contributed by atoms with Crippen molar-refractivity contribution in [3.05, 3.63) is 34.9 Å². The molecule has 124 valence electrons. The van der Waals surface area contributed by atoms with E-state index in [1.807, 2.05) is 18.2 Å². The third-order valence-electron chi connectivity index (χ3n) is 4.64. The summed E-state index contributed by atoms with van der Waals surface area (Å²) in [5, 5.41) is 5.17. The standard InChI is InChI=1S/C18H19N3O3/c1-3-9-19-15(22)11-21-16(23)18(2,20-17(21)24)14-8-7-12-5-4-6-13(12)10-14/h1,7-8,10H,4-6,9,11H2,2H3,(H,19,22)(H,20,24)/t18-/m1/s1. The van der Waals surface area contributed by atoms with Gasteiger partial charge in [-0.2, -0.15) is 0 Å². The molecular formula is C18H19N3O3. The molecule has 0 bridgehead atoms. The second-order valence-electron chi connectivity index (χ2n) is 6.26. The van der Waals surface area contributed by atoms with Crippen molar-refractivity contribution in [1.82, 2.24) is 15.5 Å². The summed E-state index contributed by atoms with van der Waals surface area (Å²) in [6.45, 7) is 1.39. The summed E-state index contributed by atoms with van der Waals surface area (Å²) in [5.41, 5.74) is 2.11. The molecule has 2 N–H and O–H groups in total. The minimum Gasteiger partial charge on any atom is -0.344 e. The van der Waals surface area contributed by atoms with Crippen molar-refractivity contribution < 1.29 is 14.4 Å². The maximum atomic E-state index is 12.8. The number of fused-ring (bicyclic) bond motifs is 1. The van der Waals surface area contributed by atoms with E-state index in [0.717, 1.165) is 29.7 Å². The lowest BCUT2D eigenvalue weighted by Gasteiger charge is -2.23. The van der Waals surface area contributed by atoms with Crippen molar-refractivity contribution in [2.45, 2.75) is 31.7 Å². The maximum absolute atomic E-state index is 12.8. The van der Waals surface area contributed by atoms with Crippen LogP contribution in [0, 0.1) is 12.3 Å². The van der Waals surface area contributed by atoms with Crippen molar-refractivity contribution in [3.8, 4) is 12.3 Å². The molecule has 1 fully saturated rings. The minimum atomic E-state index is -1.15. The highest BCUT2D eigenvalue weighted by atomic mass is 16.2. The number of urea groups is 1. The summed E-state index contributed by atoms with van der Waals surface area (Å²) in [6, 6.07) is 5.32. The van der Waals surface area contributed by atoms with Gasteiger partial charge in [0.05, 0.1) is 6.54 Å². The van der Waals surface area contributed by atoms with Crippen LogP contribution < -0.4 is 10.6 Å². The van der Waals surface area contributed by atoms with E-state index >= 15 is 0 Å². The lowest BCUT2D eigenvalue weighted by atomic mass is 9.89. The van der Waals surface area contributed by atoms with Crippen molar-refractivity contribution in [3.63, 3.8) is 0 Å². The fraction of sp³-hybridized carbons (Fsp3) is 0.389. The van der Waals surface area contributed by atoms with Gasteiger partial charge in [0.1, 0.15) is 12.1 Å². The van der Waals surface area contributed by atoms with Gasteiger partial charge >= 0.3 is 6.03 Å². The fourth-order valence-corrected chi connectivity index (χ4v) is 3.27. The van der Waals surface area contributed by atoms with Crippen LogP contribution in [0.3, 0.4) is 0 Å². The number of imide groups is 1. The minimum absolute atomic E-state index is 0.0601. The maximum Gasteiger partial charge on any atom is 0.325 e. The van der Waals surface area contributed by atoms with Gasteiger partial charge in [0.2, 0.25) is 5.91 Å². The van der Waals surface area contributed by atoms with E-state index in [4.69, 9.17) is 6.42 Å². The number of terminal acetylenes is 1. The van der Waals surface area contributed by atoms with Crippen LogP contribution in [0.5, 0.6) is 0 Å². The first-order valence-corrected chi connectivity index (χ1v) is 7.92. The van der Waals surface area contributed by atoms with E-state index in [0.29, 0.717) is 0 Å². The van der Waals surface area contributed by atoms with Crippen molar-refractivity contribution in [2.75, 3.05) is 13.1 Å². The molecule has 1 aromatic rings. The number of hydrogen-bond acceptors (Lipinski definition) is 3. The highest BCUT2D eigenvalue weighted by molar-refractivity contribution is 6.09. The summed E-state index contributed by atoms with van der Waals surface area (Å²) >= 11 is 0. The molecule has 24 heavy (non-hydrogen) atoms. The molecule has 1 saturated heterocycles. The molecule has 0 aromatic heterocycles. The monoisotopic (exact) mass is 325 g/mol. The van der Waals surface area contributed by atoms with E-state index in [1.165, 1.54) is 11.1 Å². The molecule has 1 aliphatic heterocycles. The van der Waals surface area contributed by atoms with Crippen LogP contribution in [0.1, 0.15) is 30.0 Å². The number of benzene rings is 1. The number of carbonyl (C=O) groups excluding carboxylic acids is 3. The van der Waals surface area contributed by atoms with Crippen LogP contribution in [0.15, 0.2) is 18.2 Å². The summed E-state index contributed by atoms with van der Waals surface area (Å²) < 4.78 is 0. The van der Waals surface area contributed by atoms with Gasteiger partial charge < -0.3 is 10.6 Å². The SMILES string of the molecule is C#CCNC(=O)CN1C(=O)N[C@](C)(c2ccc3c(c2)CCC3)C1=O. The highest BCUT2D eigenvalue weighted by Crippen LogP contribution is 2.32. The predicted molar refractivity (Wildman–Crippen MR) is 87.9 cm³/mol. The molecule has 0 saturated carbocycles. The number of rotatable bonds is 4. The van der Waals surface area contributed by atoms with Gasteiger partial charge in [0, 0.05) is 0 Å². The normalized spacial score (nSPS) is 22.1. The molecule has 0 spiro atoms. The first kappa shape index (κ1) is 16.1. The van der Waals surface area contributed by atoms with E-state index in [1.54, 1.807) is 6.92 Å². The lowest BCUT2D eigenvalue weighted by molar-refractivity contribution is -0.134. The smallest absolute Gasteiger partial charge is 0.325 e. The fourth-order valence-electron chi connectivity index (χ4n) is 3.27. The average Bonchev–Trinajstić information content (AvgIpc) is 3.11. The third-order valence-corrected chi connectivity index (χ3v) is 4.64. The molecule has 1 aliphatic carbocycles. The zero-order chi connectivity index (χ0) is 17.3. The molecule has 0 radical (unpaired) electrons. The predicted octanol–water partition coefficient (Wildman–Crippen LogP) is 0.692. The summed E-state index contributed by atoms with van der Waals surface area (Å²) in [4.78, 5) is 37.7. The topological polar surface area (TPSA) is 78.5 Å². The molecular weight excluding hydrogens is 306 g/mol. The number of nitrogens with one attached hydrogen (secondary N) is 2. The molecule has 1 heterocycles. The molecule has 2 aliphatic rings. The number of carbonyl (C=O) groups is 3. The van der Waals surface area contributed by atoms with E-state index in [2.05, 4.69) is 16.6 Å². The van der Waals surface area contributed by atoms with Gasteiger partial charge in [-0.25, -0.2) is 4.79 Å². The Morgan fingerprint density at radius 3 is 2.88 bits per heavy atom. The van der Waals surface area contributed by atoms with Crippen molar-refractivity contribution >= 4 is 17.8 Å². The molecule has 6 heteroatoms. The Labute approximate surface area is 140 Å². The average molecular weight is 325 g/mol. The number of nitrogens with zero attached hydrogens (tertiary/aromatic N) is 1. The Bertz CT molecular complexity index is 765. The second kappa shape index (κ2) is 6.00. The Morgan fingerprint density at radius 1 is 1.38 bits per heavy atom. The Hall–Kier alpha value is -2.81. The Kier molecular flexibility index (Phi) is 4.02.